The number of aliphatic hydroxyl groups excluding tert-OH is 1. The molecule has 0 fully saturated rings. The van der Waals surface area contributed by atoms with Crippen molar-refractivity contribution in [2.24, 2.45) is 0 Å². The molecule has 2 aromatic rings. The number of fused-ring (bicyclic) bond motifs is 1. The molecule has 15 heavy (non-hydrogen) atoms. The van der Waals surface area contributed by atoms with Crippen molar-refractivity contribution in [3.63, 3.8) is 0 Å². The fourth-order valence-electron chi connectivity index (χ4n) is 1.76. The van der Waals surface area contributed by atoms with Gasteiger partial charge in [-0.25, -0.2) is 0 Å². The van der Waals surface area contributed by atoms with Gasteiger partial charge < -0.3 is 9.84 Å². The Kier molecular flexibility index (Phi) is 2.56. The monoisotopic (exact) mass is 203 g/mol. The lowest BCUT2D eigenvalue weighted by molar-refractivity contribution is 0.196. The van der Waals surface area contributed by atoms with Crippen LogP contribution in [0.1, 0.15) is 18.6 Å². The summed E-state index contributed by atoms with van der Waals surface area (Å²) in [5.41, 5.74) is 1.66. The fraction of sp³-hybridized carbons (Fsp3) is 0.250. The normalized spacial score (nSPS) is 12.7. The summed E-state index contributed by atoms with van der Waals surface area (Å²) in [5.74, 6) is 0.700. The quantitative estimate of drug-likeness (QED) is 0.814. The molecule has 0 saturated heterocycles. The second kappa shape index (κ2) is 3.87. The highest BCUT2D eigenvalue weighted by molar-refractivity contribution is 5.84. The average molecular weight is 203 g/mol. The number of rotatable bonds is 2. The first-order valence-electron chi connectivity index (χ1n) is 4.83. The van der Waals surface area contributed by atoms with E-state index >= 15 is 0 Å². The van der Waals surface area contributed by atoms with Gasteiger partial charge in [0.25, 0.3) is 0 Å². The van der Waals surface area contributed by atoms with E-state index in [0.717, 1.165) is 16.5 Å². The maximum absolute atomic E-state index is 9.73. The van der Waals surface area contributed by atoms with Crippen LogP contribution >= 0.6 is 0 Å². The van der Waals surface area contributed by atoms with Crippen LogP contribution in [-0.4, -0.2) is 17.2 Å². The molecular weight excluding hydrogens is 190 g/mol. The fourth-order valence-corrected chi connectivity index (χ4v) is 1.76. The standard InChI is InChI=1S/C12H13NO2/c1-8(14)12-9-4-3-7-13-10(9)5-6-11(12)15-2/h3-8,14H,1-2H3. The van der Waals surface area contributed by atoms with E-state index in [4.69, 9.17) is 4.74 Å². The van der Waals surface area contributed by atoms with E-state index in [9.17, 15) is 5.11 Å². The summed E-state index contributed by atoms with van der Waals surface area (Å²) in [6, 6.07) is 7.51. The maximum atomic E-state index is 9.73. The molecule has 1 aromatic carbocycles. The van der Waals surface area contributed by atoms with Crippen LogP contribution in [-0.2, 0) is 0 Å². The van der Waals surface area contributed by atoms with Gasteiger partial charge >= 0.3 is 0 Å². The molecule has 0 radical (unpaired) electrons. The molecule has 0 aliphatic rings. The van der Waals surface area contributed by atoms with E-state index < -0.39 is 6.10 Å². The van der Waals surface area contributed by atoms with Gasteiger partial charge in [0.1, 0.15) is 5.75 Å². The van der Waals surface area contributed by atoms with Crippen molar-refractivity contribution >= 4 is 10.9 Å². The lowest BCUT2D eigenvalue weighted by Gasteiger charge is -2.13. The highest BCUT2D eigenvalue weighted by Gasteiger charge is 2.12. The number of hydrogen-bond acceptors (Lipinski definition) is 3. The van der Waals surface area contributed by atoms with Gasteiger partial charge in [-0.2, -0.15) is 0 Å². The number of pyridine rings is 1. The summed E-state index contributed by atoms with van der Waals surface area (Å²) in [6.45, 7) is 1.73. The molecule has 0 bridgehead atoms. The summed E-state index contributed by atoms with van der Waals surface area (Å²) >= 11 is 0. The van der Waals surface area contributed by atoms with Crippen molar-refractivity contribution < 1.29 is 9.84 Å². The van der Waals surface area contributed by atoms with E-state index in [2.05, 4.69) is 4.98 Å². The SMILES string of the molecule is COc1ccc2ncccc2c1C(C)O. The molecule has 1 N–H and O–H groups in total. The summed E-state index contributed by atoms with van der Waals surface area (Å²) in [7, 11) is 1.60. The minimum absolute atomic E-state index is 0.562. The third-order valence-corrected chi connectivity index (χ3v) is 2.42. The summed E-state index contributed by atoms with van der Waals surface area (Å²) in [4.78, 5) is 4.23. The Morgan fingerprint density at radius 2 is 2.13 bits per heavy atom. The van der Waals surface area contributed by atoms with Crippen LogP contribution in [0, 0.1) is 0 Å². The predicted octanol–water partition coefficient (Wildman–Crippen LogP) is 2.30. The Morgan fingerprint density at radius 1 is 1.33 bits per heavy atom. The molecule has 0 spiro atoms. The zero-order chi connectivity index (χ0) is 10.8. The van der Waals surface area contributed by atoms with Crippen LogP contribution in [0.15, 0.2) is 30.5 Å². The predicted molar refractivity (Wildman–Crippen MR) is 58.9 cm³/mol. The third kappa shape index (κ3) is 1.66. The first kappa shape index (κ1) is 9.93. The molecule has 0 aliphatic heterocycles. The molecule has 0 saturated carbocycles. The Bertz CT molecular complexity index is 480. The highest BCUT2D eigenvalue weighted by atomic mass is 16.5. The maximum Gasteiger partial charge on any atom is 0.125 e. The molecule has 1 unspecified atom stereocenters. The van der Waals surface area contributed by atoms with Crippen molar-refractivity contribution in [3.8, 4) is 5.75 Å². The van der Waals surface area contributed by atoms with Crippen molar-refractivity contribution in [2.45, 2.75) is 13.0 Å². The molecule has 3 nitrogen and oxygen atoms in total. The van der Waals surface area contributed by atoms with Gasteiger partial charge in [0.05, 0.1) is 18.7 Å². The van der Waals surface area contributed by atoms with E-state index in [1.165, 1.54) is 0 Å². The molecule has 0 aliphatic carbocycles. The zero-order valence-electron chi connectivity index (χ0n) is 8.77. The Balaban J connectivity index is 2.79. The molecule has 1 heterocycles. The minimum atomic E-state index is -0.562. The number of nitrogens with zero attached hydrogens (tertiary/aromatic N) is 1. The number of ether oxygens (including phenoxy) is 1. The minimum Gasteiger partial charge on any atom is -0.496 e. The van der Waals surface area contributed by atoms with Crippen LogP contribution in [0.5, 0.6) is 5.75 Å². The summed E-state index contributed by atoms with van der Waals surface area (Å²) in [5, 5.41) is 10.7. The smallest absolute Gasteiger partial charge is 0.125 e. The summed E-state index contributed by atoms with van der Waals surface area (Å²) < 4.78 is 5.23. The molecule has 2 rings (SSSR count). The van der Waals surface area contributed by atoms with Crippen LogP contribution < -0.4 is 4.74 Å². The third-order valence-electron chi connectivity index (χ3n) is 2.42. The molecule has 1 aromatic heterocycles. The van der Waals surface area contributed by atoms with E-state index in [0.29, 0.717) is 5.75 Å². The van der Waals surface area contributed by atoms with Gasteiger partial charge in [-0.3, -0.25) is 4.98 Å². The number of hydrogen-bond donors (Lipinski definition) is 1. The largest absolute Gasteiger partial charge is 0.496 e. The highest BCUT2D eigenvalue weighted by Crippen LogP contribution is 2.31. The topological polar surface area (TPSA) is 42.4 Å². The van der Waals surface area contributed by atoms with Crippen LogP contribution in [0.25, 0.3) is 10.9 Å². The lowest BCUT2D eigenvalue weighted by Crippen LogP contribution is -1.98. The van der Waals surface area contributed by atoms with E-state index in [-0.39, 0.29) is 0 Å². The number of methoxy groups -OCH3 is 1. The Morgan fingerprint density at radius 3 is 2.80 bits per heavy atom. The Hall–Kier alpha value is -1.61. The second-order valence-corrected chi connectivity index (χ2v) is 3.43. The first-order chi connectivity index (χ1) is 7.24. The summed E-state index contributed by atoms with van der Waals surface area (Å²) in [6.07, 6.45) is 1.17. The van der Waals surface area contributed by atoms with Gasteiger partial charge in [0.15, 0.2) is 0 Å². The molecule has 78 valence electrons. The lowest BCUT2D eigenvalue weighted by atomic mass is 10.0. The molecule has 3 heteroatoms. The van der Waals surface area contributed by atoms with Crippen molar-refractivity contribution in [2.75, 3.05) is 7.11 Å². The molecular formula is C12H13NO2. The van der Waals surface area contributed by atoms with Crippen molar-refractivity contribution in [3.05, 3.63) is 36.0 Å². The van der Waals surface area contributed by atoms with Crippen molar-refractivity contribution in [1.29, 1.82) is 0 Å². The van der Waals surface area contributed by atoms with Crippen molar-refractivity contribution in [1.82, 2.24) is 4.98 Å². The zero-order valence-corrected chi connectivity index (χ0v) is 8.77. The van der Waals surface area contributed by atoms with Crippen LogP contribution in [0.3, 0.4) is 0 Å². The van der Waals surface area contributed by atoms with Gasteiger partial charge in [0.2, 0.25) is 0 Å². The van der Waals surface area contributed by atoms with Gasteiger partial charge in [-0.15, -0.1) is 0 Å². The van der Waals surface area contributed by atoms with E-state index in [1.807, 2.05) is 24.3 Å². The van der Waals surface area contributed by atoms with E-state index in [1.54, 1.807) is 20.2 Å². The average Bonchev–Trinajstić information content (AvgIpc) is 2.27. The number of benzene rings is 1. The molecule has 0 amide bonds. The van der Waals surface area contributed by atoms with Gasteiger partial charge in [-0.1, -0.05) is 6.07 Å². The van der Waals surface area contributed by atoms with Crippen LogP contribution in [0.4, 0.5) is 0 Å². The van der Waals surface area contributed by atoms with Gasteiger partial charge in [0, 0.05) is 17.1 Å². The first-order valence-corrected chi connectivity index (χ1v) is 4.83. The molecule has 1 atom stereocenters. The second-order valence-electron chi connectivity index (χ2n) is 3.43. The number of aliphatic hydroxyl groups is 1. The van der Waals surface area contributed by atoms with Gasteiger partial charge in [-0.05, 0) is 25.1 Å². The Labute approximate surface area is 88.3 Å². The number of aromatic nitrogens is 1. The van der Waals surface area contributed by atoms with Crippen LogP contribution in [0.2, 0.25) is 0 Å².